The summed E-state index contributed by atoms with van der Waals surface area (Å²) in [5, 5.41) is 0. The van der Waals surface area contributed by atoms with Crippen LogP contribution in [0.5, 0.6) is 0 Å². The van der Waals surface area contributed by atoms with Crippen molar-refractivity contribution in [3.63, 3.8) is 0 Å². The molecule has 0 unspecified atom stereocenters. The SMILES string of the molecule is CCC(=O)O[C@@H](C(=O)OC)c1ccccc1. The summed E-state index contributed by atoms with van der Waals surface area (Å²) >= 11 is 0. The summed E-state index contributed by atoms with van der Waals surface area (Å²) in [4.78, 5) is 22.7. The Balaban J connectivity index is 2.88. The van der Waals surface area contributed by atoms with Gasteiger partial charge in [-0.1, -0.05) is 37.3 Å². The Bertz CT molecular complexity index is 359. The van der Waals surface area contributed by atoms with Crippen LogP contribution in [0.4, 0.5) is 0 Å². The smallest absolute Gasteiger partial charge is 0.351 e. The molecule has 0 N–H and O–H groups in total. The third-order valence-electron chi connectivity index (χ3n) is 2.06. The second-order valence-electron chi connectivity index (χ2n) is 3.16. The van der Waals surface area contributed by atoms with Crippen molar-refractivity contribution in [2.45, 2.75) is 19.4 Å². The minimum atomic E-state index is -0.973. The molecule has 0 saturated heterocycles. The van der Waals surface area contributed by atoms with E-state index in [1.807, 2.05) is 6.07 Å². The van der Waals surface area contributed by atoms with Crippen molar-refractivity contribution >= 4 is 11.9 Å². The van der Waals surface area contributed by atoms with E-state index in [-0.39, 0.29) is 6.42 Å². The first-order valence-corrected chi connectivity index (χ1v) is 5.01. The lowest BCUT2D eigenvalue weighted by Crippen LogP contribution is -2.20. The Labute approximate surface area is 94.2 Å². The first kappa shape index (κ1) is 12.2. The number of hydrogen-bond acceptors (Lipinski definition) is 4. The number of esters is 2. The van der Waals surface area contributed by atoms with Gasteiger partial charge in [-0.2, -0.15) is 0 Å². The first-order valence-electron chi connectivity index (χ1n) is 5.01. The predicted octanol–water partition coefficient (Wildman–Crippen LogP) is 1.85. The maximum atomic E-state index is 11.5. The van der Waals surface area contributed by atoms with Gasteiger partial charge in [0.1, 0.15) is 0 Å². The van der Waals surface area contributed by atoms with Gasteiger partial charge < -0.3 is 9.47 Å². The molecule has 0 bridgehead atoms. The molecule has 86 valence electrons. The van der Waals surface area contributed by atoms with E-state index in [9.17, 15) is 9.59 Å². The Morgan fingerprint density at radius 2 is 1.88 bits per heavy atom. The highest BCUT2D eigenvalue weighted by molar-refractivity contribution is 5.80. The van der Waals surface area contributed by atoms with Gasteiger partial charge in [-0.15, -0.1) is 0 Å². The van der Waals surface area contributed by atoms with E-state index in [0.29, 0.717) is 5.56 Å². The van der Waals surface area contributed by atoms with E-state index in [1.54, 1.807) is 31.2 Å². The molecule has 0 radical (unpaired) electrons. The normalized spacial score (nSPS) is 11.6. The van der Waals surface area contributed by atoms with Crippen LogP contribution in [0.25, 0.3) is 0 Å². The lowest BCUT2D eigenvalue weighted by Gasteiger charge is -2.15. The maximum Gasteiger partial charge on any atom is 0.351 e. The van der Waals surface area contributed by atoms with Crippen LogP contribution in [0.1, 0.15) is 25.0 Å². The molecule has 0 aliphatic rings. The van der Waals surface area contributed by atoms with Crippen molar-refractivity contribution in [2.75, 3.05) is 7.11 Å². The zero-order valence-electron chi connectivity index (χ0n) is 9.30. The molecule has 0 fully saturated rings. The number of ether oxygens (including phenoxy) is 2. The lowest BCUT2D eigenvalue weighted by molar-refractivity contribution is -0.166. The molecule has 1 rings (SSSR count). The van der Waals surface area contributed by atoms with Crippen LogP contribution >= 0.6 is 0 Å². The number of hydrogen-bond donors (Lipinski definition) is 0. The summed E-state index contributed by atoms with van der Waals surface area (Å²) in [6, 6.07) is 8.78. The highest BCUT2D eigenvalue weighted by atomic mass is 16.6. The molecule has 0 heterocycles. The van der Waals surface area contributed by atoms with Crippen LogP contribution in [0, 0.1) is 0 Å². The van der Waals surface area contributed by atoms with Crippen LogP contribution in [-0.4, -0.2) is 19.0 Å². The van der Waals surface area contributed by atoms with E-state index in [4.69, 9.17) is 4.74 Å². The zero-order valence-corrected chi connectivity index (χ0v) is 9.30. The average molecular weight is 222 g/mol. The molecule has 1 aromatic carbocycles. The van der Waals surface area contributed by atoms with Crippen LogP contribution < -0.4 is 0 Å². The number of benzene rings is 1. The molecule has 1 aromatic rings. The Hall–Kier alpha value is -1.84. The number of rotatable bonds is 4. The fourth-order valence-electron chi connectivity index (χ4n) is 1.20. The number of methoxy groups -OCH3 is 1. The van der Waals surface area contributed by atoms with Gasteiger partial charge in [-0.25, -0.2) is 4.79 Å². The van der Waals surface area contributed by atoms with E-state index in [0.717, 1.165) is 0 Å². The molecule has 16 heavy (non-hydrogen) atoms. The molecule has 0 aromatic heterocycles. The van der Waals surface area contributed by atoms with E-state index >= 15 is 0 Å². The number of carbonyl (C=O) groups is 2. The van der Waals surface area contributed by atoms with Gasteiger partial charge in [-0.3, -0.25) is 4.79 Å². The van der Waals surface area contributed by atoms with Crippen molar-refractivity contribution in [3.8, 4) is 0 Å². The Morgan fingerprint density at radius 3 is 2.38 bits per heavy atom. The largest absolute Gasteiger partial charge is 0.466 e. The lowest BCUT2D eigenvalue weighted by atomic mass is 10.1. The van der Waals surface area contributed by atoms with Gasteiger partial charge in [0.2, 0.25) is 6.10 Å². The predicted molar refractivity (Wildman–Crippen MR) is 57.6 cm³/mol. The fourth-order valence-corrected chi connectivity index (χ4v) is 1.20. The molecule has 1 atom stereocenters. The van der Waals surface area contributed by atoms with Crippen molar-refractivity contribution in [1.82, 2.24) is 0 Å². The van der Waals surface area contributed by atoms with Gasteiger partial charge in [0.15, 0.2) is 0 Å². The molecule has 4 nitrogen and oxygen atoms in total. The topological polar surface area (TPSA) is 52.6 Å². The molecular weight excluding hydrogens is 208 g/mol. The molecule has 4 heteroatoms. The van der Waals surface area contributed by atoms with Crippen LogP contribution in [0.2, 0.25) is 0 Å². The van der Waals surface area contributed by atoms with Crippen LogP contribution in [0.15, 0.2) is 30.3 Å². The van der Waals surface area contributed by atoms with Gasteiger partial charge >= 0.3 is 11.9 Å². The first-order chi connectivity index (χ1) is 7.69. The molecule has 0 aliphatic heterocycles. The molecule has 0 spiro atoms. The summed E-state index contributed by atoms with van der Waals surface area (Å²) in [5.41, 5.74) is 0.608. The third-order valence-corrected chi connectivity index (χ3v) is 2.06. The van der Waals surface area contributed by atoms with Gasteiger partial charge in [0, 0.05) is 12.0 Å². The highest BCUT2D eigenvalue weighted by Gasteiger charge is 2.24. The molecular formula is C12H14O4. The van der Waals surface area contributed by atoms with E-state index < -0.39 is 18.0 Å². The Morgan fingerprint density at radius 1 is 1.25 bits per heavy atom. The minimum absolute atomic E-state index is 0.223. The third kappa shape index (κ3) is 3.08. The van der Waals surface area contributed by atoms with Crippen molar-refractivity contribution < 1.29 is 19.1 Å². The average Bonchev–Trinajstić information content (AvgIpc) is 2.35. The second kappa shape index (κ2) is 5.90. The molecule has 0 amide bonds. The second-order valence-corrected chi connectivity index (χ2v) is 3.16. The summed E-state index contributed by atoms with van der Waals surface area (Å²) in [6.07, 6.45) is -0.751. The Kier molecular flexibility index (Phi) is 4.51. The highest BCUT2D eigenvalue weighted by Crippen LogP contribution is 2.19. The van der Waals surface area contributed by atoms with Crippen LogP contribution in [-0.2, 0) is 19.1 Å². The minimum Gasteiger partial charge on any atom is -0.466 e. The molecule has 0 aliphatic carbocycles. The van der Waals surface area contributed by atoms with E-state index in [2.05, 4.69) is 4.74 Å². The summed E-state index contributed by atoms with van der Waals surface area (Å²) in [5.74, 6) is -1.01. The summed E-state index contributed by atoms with van der Waals surface area (Å²) in [7, 11) is 1.26. The zero-order chi connectivity index (χ0) is 12.0. The quantitative estimate of drug-likeness (QED) is 0.729. The molecule has 0 saturated carbocycles. The van der Waals surface area contributed by atoms with Gasteiger partial charge in [0.05, 0.1) is 7.11 Å². The van der Waals surface area contributed by atoms with E-state index in [1.165, 1.54) is 7.11 Å². The summed E-state index contributed by atoms with van der Waals surface area (Å²) in [6.45, 7) is 1.67. The van der Waals surface area contributed by atoms with Crippen molar-refractivity contribution in [2.24, 2.45) is 0 Å². The fraction of sp³-hybridized carbons (Fsp3) is 0.333. The monoisotopic (exact) mass is 222 g/mol. The summed E-state index contributed by atoms with van der Waals surface area (Å²) < 4.78 is 9.62. The van der Waals surface area contributed by atoms with Gasteiger partial charge in [0.25, 0.3) is 0 Å². The van der Waals surface area contributed by atoms with Crippen molar-refractivity contribution in [1.29, 1.82) is 0 Å². The number of carbonyl (C=O) groups excluding carboxylic acids is 2. The standard InChI is InChI=1S/C12H14O4/c1-3-10(13)16-11(12(14)15-2)9-7-5-4-6-8-9/h4-8,11H,3H2,1-2H3/t11-/m1/s1. The van der Waals surface area contributed by atoms with Gasteiger partial charge in [-0.05, 0) is 0 Å². The van der Waals surface area contributed by atoms with Crippen molar-refractivity contribution in [3.05, 3.63) is 35.9 Å². The maximum absolute atomic E-state index is 11.5. The van der Waals surface area contributed by atoms with Crippen LogP contribution in [0.3, 0.4) is 0 Å².